The molecule has 0 amide bonds. The van der Waals surface area contributed by atoms with Crippen molar-refractivity contribution in [2.24, 2.45) is 0 Å². The summed E-state index contributed by atoms with van der Waals surface area (Å²) in [5.74, 6) is -1.20. The molecule has 0 aliphatic heterocycles. The Kier molecular flexibility index (Phi) is 8.60. The summed E-state index contributed by atoms with van der Waals surface area (Å²) in [6.45, 7) is 2.67. The maximum absolute atomic E-state index is 13.6. The predicted molar refractivity (Wildman–Crippen MR) is 132 cm³/mol. The molecule has 0 aliphatic rings. The molecule has 0 aliphatic carbocycles. The molecule has 0 spiro atoms. The lowest BCUT2D eigenvalue weighted by Crippen LogP contribution is -2.39. The normalized spacial score (nSPS) is 11.9. The van der Waals surface area contributed by atoms with E-state index in [0.29, 0.717) is 11.3 Å². The van der Waals surface area contributed by atoms with Crippen molar-refractivity contribution in [3.8, 4) is 17.7 Å². The average Bonchev–Trinajstić information content (AvgIpc) is 2.90. The van der Waals surface area contributed by atoms with Crippen molar-refractivity contribution in [2.45, 2.75) is 24.8 Å². The molecule has 1 atom stereocenters. The van der Waals surface area contributed by atoms with Gasteiger partial charge in [-0.15, -0.1) is 0 Å². The van der Waals surface area contributed by atoms with Gasteiger partial charge < -0.3 is 14.2 Å². The first-order chi connectivity index (χ1) is 17.6. The van der Waals surface area contributed by atoms with Crippen LogP contribution in [0.1, 0.15) is 40.1 Å². The van der Waals surface area contributed by atoms with Gasteiger partial charge in [-0.05, 0) is 50.2 Å². The van der Waals surface area contributed by atoms with Crippen molar-refractivity contribution < 1.29 is 32.2 Å². The lowest BCUT2D eigenvalue weighted by Gasteiger charge is -2.28. The number of esters is 2. The van der Waals surface area contributed by atoms with Gasteiger partial charge in [0.2, 0.25) is 15.9 Å². The second-order valence-corrected chi connectivity index (χ2v) is 9.82. The monoisotopic (exact) mass is 523 g/mol. The molecular formula is C26H25N3O7S. The molecular weight excluding hydrogens is 498 g/mol. The van der Waals surface area contributed by atoms with Gasteiger partial charge in [-0.3, -0.25) is 4.79 Å². The van der Waals surface area contributed by atoms with Crippen LogP contribution in [-0.2, 0) is 24.3 Å². The molecule has 3 rings (SSSR count). The standard InChI is InChI=1S/C26H25N3O7S/c1-17-8-10-21(11-9-17)37(32,33)29(16-24(30)34-3)18(2)25-22(26(31)35-4)12-13-23(28-25)36-20-7-5-6-19(14-20)15-27/h5-14,18H,16H2,1-4H3. The van der Waals surface area contributed by atoms with E-state index in [1.807, 2.05) is 13.0 Å². The molecule has 0 saturated heterocycles. The molecule has 3 aromatic rings. The molecule has 2 aromatic carbocycles. The molecule has 37 heavy (non-hydrogen) atoms. The number of rotatable bonds is 9. The third-order valence-corrected chi connectivity index (χ3v) is 7.39. The van der Waals surface area contributed by atoms with E-state index in [-0.39, 0.29) is 22.0 Å². The van der Waals surface area contributed by atoms with Gasteiger partial charge in [0.05, 0.1) is 48.0 Å². The molecule has 0 bridgehead atoms. The maximum Gasteiger partial charge on any atom is 0.339 e. The summed E-state index contributed by atoms with van der Waals surface area (Å²) in [5.41, 5.74) is 1.21. The zero-order valence-electron chi connectivity index (χ0n) is 20.7. The highest BCUT2D eigenvalue weighted by atomic mass is 32.2. The first kappa shape index (κ1) is 27.3. The summed E-state index contributed by atoms with van der Waals surface area (Å²) in [5, 5.41) is 9.14. The second-order valence-electron chi connectivity index (χ2n) is 7.93. The van der Waals surface area contributed by atoms with Gasteiger partial charge in [-0.2, -0.15) is 9.57 Å². The number of nitriles is 1. The van der Waals surface area contributed by atoms with Gasteiger partial charge in [0, 0.05) is 6.07 Å². The number of nitrogens with zero attached hydrogens (tertiary/aromatic N) is 3. The predicted octanol–water partition coefficient (Wildman–Crippen LogP) is 3.77. The summed E-state index contributed by atoms with van der Waals surface area (Å²) in [7, 11) is -1.91. The molecule has 0 saturated carbocycles. The number of carbonyl (C=O) groups excluding carboxylic acids is 2. The SMILES string of the molecule is COC(=O)CN(C(C)c1nc(Oc2cccc(C#N)c2)ccc1C(=O)OC)S(=O)(=O)c1ccc(C)cc1. The quantitative estimate of drug-likeness (QED) is 0.384. The Morgan fingerprint density at radius 2 is 1.76 bits per heavy atom. The number of benzene rings is 2. The Bertz CT molecular complexity index is 1450. The Labute approximate surface area is 215 Å². The van der Waals surface area contributed by atoms with E-state index in [1.165, 1.54) is 44.4 Å². The number of sulfonamides is 1. The van der Waals surface area contributed by atoms with Crippen LogP contribution in [0.25, 0.3) is 0 Å². The number of hydrogen-bond donors (Lipinski definition) is 0. The van der Waals surface area contributed by atoms with Crippen molar-refractivity contribution in [2.75, 3.05) is 20.8 Å². The molecule has 10 nitrogen and oxygen atoms in total. The fourth-order valence-electron chi connectivity index (χ4n) is 3.47. The highest BCUT2D eigenvalue weighted by Gasteiger charge is 2.35. The van der Waals surface area contributed by atoms with Crippen LogP contribution in [0.2, 0.25) is 0 Å². The number of carbonyl (C=O) groups is 2. The highest BCUT2D eigenvalue weighted by molar-refractivity contribution is 7.89. The van der Waals surface area contributed by atoms with Crippen LogP contribution in [0.3, 0.4) is 0 Å². The van der Waals surface area contributed by atoms with E-state index in [9.17, 15) is 18.0 Å². The zero-order valence-corrected chi connectivity index (χ0v) is 21.5. The van der Waals surface area contributed by atoms with Gasteiger partial charge in [-0.25, -0.2) is 18.2 Å². The van der Waals surface area contributed by atoms with Crippen LogP contribution in [-0.4, -0.2) is 50.4 Å². The first-order valence-corrected chi connectivity index (χ1v) is 12.5. The van der Waals surface area contributed by atoms with Crippen LogP contribution >= 0.6 is 0 Å². The zero-order chi connectivity index (χ0) is 27.2. The van der Waals surface area contributed by atoms with E-state index in [4.69, 9.17) is 19.5 Å². The van der Waals surface area contributed by atoms with Gasteiger partial charge in [0.15, 0.2) is 0 Å². The van der Waals surface area contributed by atoms with Crippen molar-refractivity contribution in [3.05, 3.63) is 83.0 Å². The number of methoxy groups -OCH3 is 2. The number of aryl methyl sites for hydroxylation is 1. The smallest absolute Gasteiger partial charge is 0.339 e. The largest absolute Gasteiger partial charge is 0.468 e. The lowest BCUT2D eigenvalue weighted by molar-refractivity contribution is -0.141. The number of pyridine rings is 1. The minimum absolute atomic E-state index is 0.000350. The van der Waals surface area contributed by atoms with Crippen LogP contribution < -0.4 is 4.74 Å². The third-order valence-electron chi connectivity index (χ3n) is 5.46. The van der Waals surface area contributed by atoms with Crippen molar-refractivity contribution in [3.63, 3.8) is 0 Å². The van der Waals surface area contributed by atoms with Crippen molar-refractivity contribution in [1.29, 1.82) is 5.26 Å². The molecule has 0 N–H and O–H groups in total. The van der Waals surface area contributed by atoms with Gasteiger partial charge in [0.1, 0.15) is 12.3 Å². The van der Waals surface area contributed by atoms with E-state index < -0.39 is 34.5 Å². The lowest BCUT2D eigenvalue weighted by atomic mass is 10.1. The minimum atomic E-state index is -4.24. The molecule has 1 unspecified atom stereocenters. The van der Waals surface area contributed by atoms with Crippen LogP contribution in [0, 0.1) is 18.3 Å². The topological polar surface area (TPSA) is 136 Å². The Morgan fingerprint density at radius 1 is 1.05 bits per heavy atom. The molecule has 192 valence electrons. The van der Waals surface area contributed by atoms with Crippen molar-refractivity contribution >= 4 is 22.0 Å². The summed E-state index contributed by atoms with van der Waals surface area (Å²) in [6.07, 6.45) is 0. The molecule has 0 radical (unpaired) electrons. The Hall–Kier alpha value is -4.27. The van der Waals surface area contributed by atoms with Crippen LogP contribution in [0.15, 0.2) is 65.6 Å². The maximum atomic E-state index is 13.6. The molecule has 0 fully saturated rings. The number of ether oxygens (including phenoxy) is 3. The third kappa shape index (κ3) is 6.30. The first-order valence-electron chi connectivity index (χ1n) is 11.0. The number of aromatic nitrogens is 1. The second kappa shape index (κ2) is 11.6. The van der Waals surface area contributed by atoms with Gasteiger partial charge in [-0.1, -0.05) is 23.8 Å². The molecule has 1 aromatic heterocycles. The summed E-state index contributed by atoms with van der Waals surface area (Å²) < 4.78 is 43.5. The Balaban J connectivity index is 2.12. The molecule has 11 heteroatoms. The van der Waals surface area contributed by atoms with Gasteiger partial charge in [0.25, 0.3) is 0 Å². The van der Waals surface area contributed by atoms with E-state index in [1.54, 1.807) is 30.3 Å². The van der Waals surface area contributed by atoms with E-state index in [0.717, 1.165) is 17.0 Å². The fraction of sp³-hybridized carbons (Fsp3) is 0.231. The average molecular weight is 524 g/mol. The summed E-state index contributed by atoms with van der Waals surface area (Å²) in [6, 6.07) is 16.2. The van der Waals surface area contributed by atoms with Crippen LogP contribution in [0.4, 0.5) is 0 Å². The summed E-state index contributed by atoms with van der Waals surface area (Å²) >= 11 is 0. The summed E-state index contributed by atoms with van der Waals surface area (Å²) in [4.78, 5) is 29.1. The van der Waals surface area contributed by atoms with Gasteiger partial charge >= 0.3 is 11.9 Å². The minimum Gasteiger partial charge on any atom is -0.468 e. The van der Waals surface area contributed by atoms with Crippen LogP contribution in [0.5, 0.6) is 11.6 Å². The Morgan fingerprint density at radius 3 is 2.38 bits per heavy atom. The number of hydrogen-bond acceptors (Lipinski definition) is 9. The molecule has 1 heterocycles. The fourth-order valence-corrected chi connectivity index (χ4v) is 5.01. The van der Waals surface area contributed by atoms with E-state index >= 15 is 0 Å². The van der Waals surface area contributed by atoms with E-state index in [2.05, 4.69) is 4.98 Å². The van der Waals surface area contributed by atoms with Crippen molar-refractivity contribution in [1.82, 2.24) is 9.29 Å². The highest BCUT2D eigenvalue weighted by Crippen LogP contribution is 2.31.